The van der Waals surface area contributed by atoms with Crippen LogP contribution < -0.4 is 10.1 Å². The highest BCUT2D eigenvalue weighted by molar-refractivity contribution is 6.30. The fraction of sp³-hybridized carbons (Fsp3) is 0.148. The molecule has 0 spiro atoms. The van der Waals surface area contributed by atoms with Crippen LogP contribution in [0.15, 0.2) is 84.7 Å². The van der Waals surface area contributed by atoms with Crippen molar-refractivity contribution in [3.8, 4) is 5.75 Å². The van der Waals surface area contributed by atoms with Gasteiger partial charge in [0.05, 0.1) is 18.4 Å². The zero-order valence-electron chi connectivity index (χ0n) is 19.2. The fourth-order valence-corrected chi connectivity index (χ4v) is 4.17. The first-order valence-corrected chi connectivity index (χ1v) is 11.4. The number of aromatic nitrogens is 3. The van der Waals surface area contributed by atoms with Gasteiger partial charge in [-0.1, -0.05) is 65.7 Å². The molecule has 0 bridgehead atoms. The van der Waals surface area contributed by atoms with Crippen molar-refractivity contribution in [2.75, 3.05) is 12.4 Å². The monoisotopic (exact) mass is 486 g/mol. The van der Waals surface area contributed by atoms with Gasteiger partial charge in [-0.3, -0.25) is 0 Å². The van der Waals surface area contributed by atoms with Crippen molar-refractivity contribution < 1.29 is 14.3 Å². The number of aryl methyl sites for hydroxylation is 1. The number of benzene rings is 3. The minimum absolute atomic E-state index is 0.418. The number of ether oxygens (including phenoxy) is 2. The van der Waals surface area contributed by atoms with Crippen LogP contribution in [0.5, 0.6) is 5.75 Å². The van der Waals surface area contributed by atoms with Gasteiger partial charge in [0.15, 0.2) is 0 Å². The van der Waals surface area contributed by atoms with Gasteiger partial charge in [-0.25, -0.2) is 9.48 Å². The number of esters is 1. The lowest BCUT2D eigenvalue weighted by molar-refractivity contribution is -0.136. The first-order valence-electron chi connectivity index (χ1n) is 11.1. The average Bonchev–Trinajstić information content (AvgIpc) is 3.36. The Hall–Kier alpha value is -4.10. The fourth-order valence-electron chi connectivity index (χ4n) is 4.04. The molecule has 3 aromatic carbocycles. The third kappa shape index (κ3) is 4.63. The first-order chi connectivity index (χ1) is 17.0. The van der Waals surface area contributed by atoms with Gasteiger partial charge in [-0.2, -0.15) is 10.1 Å². The summed E-state index contributed by atoms with van der Waals surface area (Å²) in [4.78, 5) is 17.4. The molecule has 1 N–H and O–H groups in total. The second-order valence-corrected chi connectivity index (χ2v) is 8.62. The molecule has 0 aliphatic carbocycles. The van der Waals surface area contributed by atoms with Gasteiger partial charge in [0.2, 0.25) is 5.95 Å². The number of halogens is 1. The van der Waals surface area contributed by atoms with E-state index in [-0.39, 0.29) is 0 Å². The maximum absolute atomic E-state index is 13.1. The van der Waals surface area contributed by atoms with Crippen LogP contribution >= 0.6 is 11.6 Å². The van der Waals surface area contributed by atoms with Crippen LogP contribution in [-0.2, 0) is 16.1 Å². The molecule has 1 aliphatic rings. The number of carbonyl (C=O) groups is 1. The predicted molar refractivity (Wildman–Crippen MR) is 134 cm³/mol. The molecule has 4 aromatic rings. The molecule has 1 aliphatic heterocycles. The maximum Gasteiger partial charge on any atom is 0.338 e. The number of methoxy groups -OCH3 is 1. The molecule has 0 radical (unpaired) electrons. The summed E-state index contributed by atoms with van der Waals surface area (Å²) in [6.45, 7) is 2.52. The Bertz CT molecular complexity index is 1380. The number of nitrogens with one attached hydrogen (secondary N) is 1. The highest BCUT2D eigenvalue weighted by Gasteiger charge is 2.36. The molecule has 0 unspecified atom stereocenters. The molecule has 176 valence electrons. The zero-order chi connectivity index (χ0) is 24.4. The van der Waals surface area contributed by atoms with E-state index >= 15 is 0 Å². The van der Waals surface area contributed by atoms with Gasteiger partial charge >= 0.3 is 5.97 Å². The molecule has 1 atom stereocenters. The maximum atomic E-state index is 13.1. The van der Waals surface area contributed by atoms with Gasteiger partial charge in [0, 0.05) is 5.02 Å². The second kappa shape index (κ2) is 9.64. The van der Waals surface area contributed by atoms with E-state index in [1.54, 1.807) is 16.8 Å². The number of anilines is 1. The molecule has 0 saturated carbocycles. The number of rotatable bonds is 6. The summed E-state index contributed by atoms with van der Waals surface area (Å²) in [6, 6.07) is 22.6. The van der Waals surface area contributed by atoms with Gasteiger partial charge in [-0.15, -0.1) is 0 Å². The molecule has 1 aromatic heterocycles. The van der Waals surface area contributed by atoms with Crippen molar-refractivity contribution in [1.29, 1.82) is 0 Å². The Morgan fingerprint density at radius 1 is 1.03 bits per heavy atom. The summed E-state index contributed by atoms with van der Waals surface area (Å²) >= 11 is 6.09. The molecule has 0 saturated heterocycles. The van der Waals surface area contributed by atoms with Crippen molar-refractivity contribution in [1.82, 2.24) is 14.8 Å². The van der Waals surface area contributed by atoms with Crippen molar-refractivity contribution in [2.45, 2.75) is 19.6 Å². The summed E-state index contributed by atoms with van der Waals surface area (Å²) in [7, 11) is 1.37. The molecule has 0 amide bonds. The second-order valence-electron chi connectivity index (χ2n) is 8.19. The third-order valence-corrected chi connectivity index (χ3v) is 6.11. The largest absolute Gasteiger partial charge is 0.489 e. The summed E-state index contributed by atoms with van der Waals surface area (Å²) in [6.07, 6.45) is 1.45. The molecule has 35 heavy (non-hydrogen) atoms. The lowest BCUT2D eigenvalue weighted by atomic mass is 9.93. The van der Waals surface area contributed by atoms with Crippen molar-refractivity contribution >= 4 is 29.2 Å². The van der Waals surface area contributed by atoms with Gasteiger partial charge < -0.3 is 14.8 Å². The Balaban J connectivity index is 1.50. The number of hydrogen-bond donors (Lipinski definition) is 1. The Kier molecular flexibility index (Phi) is 6.25. The molecular weight excluding hydrogens is 464 g/mol. The predicted octanol–water partition coefficient (Wildman–Crippen LogP) is 5.42. The van der Waals surface area contributed by atoms with E-state index in [9.17, 15) is 4.79 Å². The van der Waals surface area contributed by atoms with Crippen molar-refractivity contribution in [3.63, 3.8) is 0 Å². The zero-order valence-corrected chi connectivity index (χ0v) is 20.0. The SMILES string of the molecule is COC(=O)C1=C(c2ccc(Cl)cc2)Nc2ncnn2[C@H]1c1ccc(OCc2ccc(C)cc2)cc1. The van der Waals surface area contributed by atoms with E-state index in [1.165, 1.54) is 19.0 Å². The summed E-state index contributed by atoms with van der Waals surface area (Å²) < 4.78 is 12.8. The van der Waals surface area contributed by atoms with Crippen LogP contribution in [0, 0.1) is 6.92 Å². The first kappa shape index (κ1) is 22.7. The van der Waals surface area contributed by atoms with E-state index in [4.69, 9.17) is 21.1 Å². The molecule has 7 nitrogen and oxygen atoms in total. The van der Waals surface area contributed by atoms with E-state index < -0.39 is 12.0 Å². The minimum atomic E-state index is -0.543. The molecule has 2 heterocycles. The van der Waals surface area contributed by atoms with Crippen LogP contribution in [0.4, 0.5) is 5.95 Å². The van der Waals surface area contributed by atoms with Crippen LogP contribution in [0.2, 0.25) is 5.02 Å². The van der Waals surface area contributed by atoms with Crippen molar-refractivity contribution in [2.24, 2.45) is 0 Å². The highest BCUT2D eigenvalue weighted by atomic mass is 35.5. The molecule has 5 rings (SSSR count). The number of carbonyl (C=O) groups excluding carboxylic acids is 1. The van der Waals surface area contributed by atoms with E-state index in [0.717, 1.165) is 22.4 Å². The lowest BCUT2D eigenvalue weighted by Gasteiger charge is -2.29. The number of hydrogen-bond acceptors (Lipinski definition) is 6. The minimum Gasteiger partial charge on any atom is -0.489 e. The topological polar surface area (TPSA) is 78.3 Å². The van der Waals surface area contributed by atoms with Crippen molar-refractivity contribution in [3.05, 3.63) is 112 Å². The van der Waals surface area contributed by atoms with Crippen LogP contribution in [0.25, 0.3) is 5.70 Å². The van der Waals surface area contributed by atoms with Crippen LogP contribution in [0.1, 0.15) is 28.3 Å². The molecular formula is C27H23ClN4O3. The average molecular weight is 487 g/mol. The van der Waals surface area contributed by atoms with Gasteiger partial charge in [-0.05, 0) is 47.9 Å². The normalized spacial score (nSPS) is 14.8. The standard InChI is InChI=1S/C27H23ClN4O3/c1-17-3-5-18(6-4-17)15-35-22-13-9-20(10-14-22)25-23(26(33)34-2)24(19-7-11-21(28)12-8-19)31-27-29-16-30-32(25)27/h3-14,16,25H,15H2,1-2H3,(H,29,30,31)/t25-/m0/s1. The van der Waals surface area contributed by atoms with Crippen LogP contribution in [-0.4, -0.2) is 27.8 Å². The smallest absolute Gasteiger partial charge is 0.338 e. The Morgan fingerprint density at radius 3 is 2.43 bits per heavy atom. The summed E-state index contributed by atoms with van der Waals surface area (Å²) in [5, 5.41) is 8.21. The molecule has 0 fully saturated rings. The van der Waals surface area contributed by atoms with Crippen LogP contribution in [0.3, 0.4) is 0 Å². The number of fused-ring (bicyclic) bond motifs is 1. The van der Waals surface area contributed by atoms with Gasteiger partial charge in [0.1, 0.15) is 24.7 Å². The summed E-state index contributed by atoms with van der Waals surface area (Å²) in [5.74, 6) is 0.782. The quantitative estimate of drug-likeness (QED) is 0.367. The third-order valence-electron chi connectivity index (χ3n) is 5.86. The highest BCUT2D eigenvalue weighted by Crippen LogP contribution is 2.39. The Morgan fingerprint density at radius 2 is 1.74 bits per heavy atom. The van der Waals surface area contributed by atoms with E-state index in [2.05, 4.69) is 46.6 Å². The molecule has 8 heteroatoms. The van der Waals surface area contributed by atoms with E-state index in [1.807, 2.05) is 36.4 Å². The number of nitrogens with zero attached hydrogens (tertiary/aromatic N) is 3. The lowest BCUT2D eigenvalue weighted by Crippen LogP contribution is -2.29. The Labute approximate surface area is 208 Å². The summed E-state index contributed by atoms with van der Waals surface area (Å²) in [5.41, 5.74) is 4.94. The van der Waals surface area contributed by atoms with E-state index in [0.29, 0.717) is 28.8 Å². The van der Waals surface area contributed by atoms with Gasteiger partial charge in [0.25, 0.3) is 0 Å².